The molecule has 2 aliphatic heterocycles. The molecule has 5 rings (SSSR count). The number of rotatable bonds is 10. The normalized spacial score (nSPS) is 14.9. The molecule has 0 spiro atoms. The number of hydrogen-bond acceptors (Lipinski definition) is 9. The predicted molar refractivity (Wildman–Crippen MR) is 162 cm³/mol. The van der Waals surface area contributed by atoms with E-state index in [0.29, 0.717) is 64.8 Å². The Kier molecular flexibility index (Phi) is 9.38. The van der Waals surface area contributed by atoms with Crippen LogP contribution in [0.3, 0.4) is 0 Å². The Morgan fingerprint density at radius 3 is 2.49 bits per heavy atom. The fourth-order valence-corrected chi connectivity index (χ4v) is 5.19. The van der Waals surface area contributed by atoms with Crippen LogP contribution in [-0.2, 0) is 14.4 Å². The number of fused-ring (bicyclic) bond motifs is 1. The summed E-state index contributed by atoms with van der Waals surface area (Å²) in [6.45, 7) is 2.23. The molecule has 0 atom stereocenters. The van der Waals surface area contributed by atoms with Crippen LogP contribution in [0.5, 0.6) is 23.0 Å². The smallest absolute Gasteiger partial charge is 0.294 e. The minimum absolute atomic E-state index is 0.147. The Morgan fingerprint density at radius 1 is 0.930 bits per heavy atom. The molecule has 0 bridgehead atoms. The number of nitrogens with zero attached hydrogens (tertiary/aromatic N) is 1. The van der Waals surface area contributed by atoms with Crippen LogP contribution in [-0.4, -0.2) is 60.8 Å². The highest BCUT2D eigenvalue weighted by atomic mass is 35.5. The van der Waals surface area contributed by atoms with Gasteiger partial charge in [-0.3, -0.25) is 24.1 Å². The number of benzene rings is 3. The maximum Gasteiger partial charge on any atom is 0.294 e. The molecule has 11 nitrogen and oxygen atoms in total. The number of hydrogen-bond donors (Lipinski definition) is 2. The van der Waals surface area contributed by atoms with Crippen LogP contribution in [0.1, 0.15) is 12.5 Å². The molecule has 3 aromatic carbocycles. The topological polar surface area (TPSA) is 133 Å². The molecule has 1 fully saturated rings. The van der Waals surface area contributed by atoms with Gasteiger partial charge in [0.05, 0.1) is 11.5 Å². The summed E-state index contributed by atoms with van der Waals surface area (Å²) < 4.78 is 22.3. The van der Waals surface area contributed by atoms with Gasteiger partial charge >= 0.3 is 0 Å². The predicted octanol–water partition coefficient (Wildman–Crippen LogP) is 5.20. The zero-order chi connectivity index (χ0) is 30.3. The molecule has 0 aromatic heterocycles. The van der Waals surface area contributed by atoms with Crippen molar-refractivity contribution in [2.75, 3.05) is 43.6 Å². The standard InChI is InChI=1S/C30H26ClN3O8S/c1-2-39-24-12-18(6-8-23(24)42-17-28(36)33-20-5-3-4-19(31)14-20)13-26-29(37)34(30(38)43-26)16-27(35)32-21-7-9-22-25(15-21)41-11-10-40-22/h3-9,12-15H,2,10-11,16-17H2,1H3,(H,32,35)(H,33,36)/b26-13+. The first-order valence-electron chi connectivity index (χ1n) is 13.2. The van der Waals surface area contributed by atoms with Crippen LogP contribution in [0.4, 0.5) is 16.2 Å². The summed E-state index contributed by atoms with van der Waals surface area (Å²) in [5.41, 5.74) is 1.55. The molecule has 222 valence electrons. The van der Waals surface area contributed by atoms with E-state index in [2.05, 4.69) is 10.6 Å². The average molecular weight is 624 g/mol. The molecule has 43 heavy (non-hydrogen) atoms. The lowest BCUT2D eigenvalue weighted by molar-refractivity contribution is -0.127. The monoisotopic (exact) mass is 623 g/mol. The highest BCUT2D eigenvalue weighted by molar-refractivity contribution is 8.18. The van der Waals surface area contributed by atoms with Crippen molar-refractivity contribution in [3.63, 3.8) is 0 Å². The lowest BCUT2D eigenvalue weighted by Crippen LogP contribution is -2.36. The first kappa shape index (κ1) is 29.8. The van der Waals surface area contributed by atoms with Gasteiger partial charge in [-0.15, -0.1) is 0 Å². The summed E-state index contributed by atoms with van der Waals surface area (Å²) in [5.74, 6) is 0.228. The van der Waals surface area contributed by atoms with E-state index in [-0.39, 0.29) is 17.4 Å². The number of carbonyl (C=O) groups excluding carboxylic acids is 4. The third-order valence-electron chi connectivity index (χ3n) is 6.03. The number of carbonyl (C=O) groups is 4. The Hall–Kier alpha value is -4.68. The van der Waals surface area contributed by atoms with Crippen molar-refractivity contribution < 1.29 is 38.1 Å². The molecule has 13 heteroatoms. The summed E-state index contributed by atoms with van der Waals surface area (Å²) in [5, 5.41) is 5.30. The van der Waals surface area contributed by atoms with Gasteiger partial charge in [-0.25, -0.2) is 0 Å². The molecule has 4 amide bonds. The van der Waals surface area contributed by atoms with Gasteiger partial charge in [0.15, 0.2) is 29.6 Å². The van der Waals surface area contributed by atoms with Crippen molar-refractivity contribution >= 4 is 63.8 Å². The molecule has 1 saturated heterocycles. The van der Waals surface area contributed by atoms with Gasteiger partial charge in [0.2, 0.25) is 5.91 Å². The highest BCUT2D eigenvalue weighted by Gasteiger charge is 2.36. The second-order valence-corrected chi connectivity index (χ2v) is 10.6. The van der Waals surface area contributed by atoms with Gasteiger partial charge in [0.1, 0.15) is 19.8 Å². The molecule has 2 heterocycles. The van der Waals surface area contributed by atoms with Crippen LogP contribution >= 0.6 is 23.4 Å². The molecule has 2 N–H and O–H groups in total. The molecule has 0 radical (unpaired) electrons. The third-order valence-corrected chi connectivity index (χ3v) is 7.18. The molecular weight excluding hydrogens is 598 g/mol. The third kappa shape index (κ3) is 7.59. The van der Waals surface area contributed by atoms with E-state index in [1.807, 2.05) is 0 Å². The number of imide groups is 1. The van der Waals surface area contributed by atoms with Gasteiger partial charge in [-0.1, -0.05) is 23.7 Å². The number of halogens is 1. The Bertz CT molecular complexity index is 1610. The van der Waals surface area contributed by atoms with Gasteiger partial charge in [-0.05, 0) is 72.8 Å². The lowest BCUT2D eigenvalue weighted by Gasteiger charge is -2.19. The average Bonchev–Trinajstić information content (AvgIpc) is 3.24. The Labute approximate surface area is 256 Å². The largest absolute Gasteiger partial charge is 0.490 e. The summed E-state index contributed by atoms with van der Waals surface area (Å²) in [7, 11) is 0. The fraction of sp³-hybridized carbons (Fsp3) is 0.200. The maximum atomic E-state index is 13.0. The van der Waals surface area contributed by atoms with Crippen molar-refractivity contribution in [1.82, 2.24) is 4.90 Å². The zero-order valence-corrected chi connectivity index (χ0v) is 24.5. The van der Waals surface area contributed by atoms with Crippen LogP contribution < -0.4 is 29.6 Å². The molecule has 2 aliphatic rings. The number of anilines is 2. The van der Waals surface area contributed by atoms with Crippen molar-refractivity contribution in [1.29, 1.82) is 0 Å². The van der Waals surface area contributed by atoms with Crippen molar-refractivity contribution in [3.05, 3.63) is 76.2 Å². The lowest BCUT2D eigenvalue weighted by atomic mass is 10.2. The minimum Gasteiger partial charge on any atom is -0.490 e. The van der Waals surface area contributed by atoms with Gasteiger partial charge in [-0.2, -0.15) is 0 Å². The molecule has 0 unspecified atom stereocenters. The minimum atomic E-state index is -0.594. The first-order chi connectivity index (χ1) is 20.8. The fourth-order valence-electron chi connectivity index (χ4n) is 4.16. The Balaban J connectivity index is 1.21. The van der Waals surface area contributed by atoms with Gasteiger partial charge in [0.25, 0.3) is 17.1 Å². The second-order valence-electron chi connectivity index (χ2n) is 9.16. The van der Waals surface area contributed by atoms with E-state index in [9.17, 15) is 19.2 Å². The van der Waals surface area contributed by atoms with E-state index in [4.69, 9.17) is 30.5 Å². The molecule has 0 aliphatic carbocycles. The van der Waals surface area contributed by atoms with E-state index in [1.165, 1.54) is 6.08 Å². The van der Waals surface area contributed by atoms with Crippen molar-refractivity contribution in [3.8, 4) is 23.0 Å². The summed E-state index contributed by atoms with van der Waals surface area (Å²) in [4.78, 5) is 51.7. The van der Waals surface area contributed by atoms with Gasteiger partial charge < -0.3 is 29.6 Å². The summed E-state index contributed by atoms with van der Waals surface area (Å²) in [6, 6.07) is 16.6. The van der Waals surface area contributed by atoms with Crippen LogP contribution in [0.25, 0.3) is 6.08 Å². The quantitative estimate of drug-likeness (QED) is 0.292. The molecular formula is C30H26ClN3O8S. The summed E-state index contributed by atoms with van der Waals surface area (Å²) in [6.07, 6.45) is 1.53. The van der Waals surface area contributed by atoms with E-state index in [0.717, 1.165) is 16.7 Å². The molecule has 3 aromatic rings. The summed E-state index contributed by atoms with van der Waals surface area (Å²) >= 11 is 6.69. The van der Waals surface area contributed by atoms with Gasteiger partial charge in [0, 0.05) is 22.5 Å². The highest BCUT2D eigenvalue weighted by Crippen LogP contribution is 2.35. The number of nitrogens with one attached hydrogen (secondary N) is 2. The van der Waals surface area contributed by atoms with Crippen LogP contribution in [0, 0.1) is 0 Å². The number of ether oxygens (including phenoxy) is 4. The van der Waals surface area contributed by atoms with E-state index >= 15 is 0 Å². The van der Waals surface area contributed by atoms with Crippen molar-refractivity contribution in [2.24, 2.45) is 0 Å². The van der Waals surface area contributed by atoms with Crippen LogP contribution in [0.2, 0.25) is 5.02 Å². The van der Waals surface area contributed by atoms with E-state index < -0.39 is 23.6 Å². The number of thioether (sulfide) groups is 1. The molecule has 0 saturated carbocycles. The SMILES string of the molecule is CCOc1cc(/C=C2/SC(=O)N(CC(=O)Nc3ccc4c(c3)OCCO4)C2=O)ccc1OCC(=O)Nc1cccc(Cl)c1. The maximum absolute atomic E-state index is 13.0. The zero-order valence-electron chi connectivity index (χ0n) is 22.9. The Morgan fingerprint density at radius 2 is 1.70 bits per heavy atom. The van der Waals surface area contributed by atoms with E-state index in [1.54, 1.807) is 67.6 Å². The van der Waals surface area contributed by atoms with Crippen molar-refractivity contribution in [2.45, 2.75) is 6.92 Å². The number of amides is 4. The second kappa shape index (κ2) is 13.5. The first-order valence-corrected chi connectivity index (χ1v) is 14.4. The van der Waals surface area contributed by atoms with Crippen LogP contribution in [0.15, 0.2) is 65.6 Å².